The lowest BCUT2D eigenvalue weighted by atomic mass is 10.2. The fourth-order valence-corrected chi connectivity index (χ4v) is 2.11. The van der Waals surface area contributed by atoms with Crippen molar-refractivity contribution in [3.05, 3.63) is 40.5 Å². The van der Waals surface area contributed by atoms with Gasteiger partial charge in [-0.15, -0.1) is 0 Å². The fraction of sp³-hybridized carbons (Fsp3) is 0.167. The van der Waals surface area contributed by atoms with Crippen LogP contribution in [0.15, 0.2) is 35.0 Å². The van der Waals surface area contributed by atoms with Crippen LogP contribution in [0, 0.1) is 0 Å². The topological polar surface area (TPSA) is 38.7 Å². The number of rotatable bonds is 2. The average Bonchev–Trinajstić information content (AvgIpc) is 2.63. The van der Waals surface area contributed by atoms with Crippen LogP contribution < -0.4 is 0 Å². The van der Waals surface area contributed by atoms with Crippen molar-refractivity contribution in [3.8, 4) is 0 Å². The monoisotopic (exact) mass is 267 g/mol. The van der Waals surface area contributed by atoms with Gasteiger partial charge in [-0.2, -0.15) is 0 Å². The summed E-state index contributed by atoms with van der Waals surface area (Å²) < 4.78 is 5.19. The Kier molecular flexibility index (Phi) is 3.86. The van der Waals surface area contributed by atoms with E-state index in [1.54, 1.807) is 18.2 Å². The molecule has 88 valence electrons. The molecule has 17 heavy (non-hydrogen) atoms. The number of carbonyl (C=O) groups is 1. The third-order valence-electron chi connectivity index (χ3n) is 2.04. The molecule has 0 fully saturated rings. The first-order valence-corrected chi connectivity index (χ1v) is 6.29. The number of benzene rings is 1. The molecule has 1 aromatic rings. The molecule has 0 saturated carbocycles. The zero-order chi connectivity index (χ0) is 12.3. The van der Waals surface area contributed by atoms with Crippen LogP contribution in [0.1, 0.15) is 12.5 Å². The van der Waals surface area contributed by atoms with E-state index in [9.17, 15) is 4.79 Å². The summed E-state index contributed by atoms with van der Waals surface area (Å²) in [6.07, 6.45) is 1.72. The van der Waals surface area contributed by atoms with Crippen LogP contribution in [-0.2, 0) is 9.53 Å². The van der Waals surface area contributed by atoms with Crippen LogP contribution in [0.3, 0.4) is 0 Å². The lowest BCUT2D eigenvalue weighted by molar-refractivity contribution is -0.107. The molecule has 0 radical (unpaired) electrons. The number of carbonyl (C=O) groups excluding carboxylic acids is 1. The van der Waals surface area contributed by atoms with Gasteiger partial charge in [0.2, 0.25) is 5.12 Å². The number of ether oxygens (including phenoxy) is 1. The molecule has 0 atom stereocenters. The molecule has 0 spiro atoms. The van der Waals surface area contributed by atoms with Crippen molar-refractivity contribution in [1.82, 2.24) is 0 Å². The van der Waals surface area contributed by atoms with Crippen molar-refractivity contribution in [2.75, 3.05) is 6.61 Å². The molecule has 0 bridgehead atoms. The predicted molar refractivity (Wildman–Crippen MR) is 71.1 cm³/mol. The van der Waals surface area contributed by atoms with E-state index >= 15 is 0 Å². The molecule has 0 saturated heterocycles. The third kappa shape index (κ3) is 3.11. The van der Waals surface area contributed by atoms with E-state index in [4.69, 9.17) is 16.3 Å². The van der Waals surface area contributed by atoms with Crippen LogP contribution in [0.4, 0.5) is 0 Å². The minimum Gasteiger partial charge on any atom is -0.473 e. The number of nitrogens with zero attached hydrogens (tertiary/aromatic N) is 1. The van der Waals surface area contributed by atoms with Gasteiger partial charge in [0.25, 0.3) is 5.23 Å². The highest BCUT2D eigenvalue weighted by Gasteiger charge is 2.22. The first-order chi connectivity index (χ1) is 8.19. The molecule has 1 aliphatic rings. The Morgan fingerprint density at radius 3 is 2.76 bits per heavy atom. The highest BCUT2D eigenvalue weighted by atomic mass is 35.5. The zero-order valence-electron chi connectivity index (χ0n) is 9.14. The number of hydrogen-bond acceptors (Lipinski definition) is 4. The maximum absolute atomic E-state index is 11.6. The molecule has 5 heteroatoms. The maximum Gasteiger partial charge on any atom is 0.259 e. The summed E-state index contributed by atoms with van der Waals surface area (Å²) in [7, 11) is 0. The molecule has 3 nitrogen and oxygen atoms in total. The Labute approximate surface area is 109 Å². The van der Waals surface area contributed by atoms with E-state index in [1.165, 1.54) is 0 Å². The van der Waals surface area contributed by atoms with Crippen molar-refractivity contribution in [2.45, 2.75) is 6.92 Å². The van der Waals surface area contributed by atoms with Crippen molar-refractivity contribution < 1.29 is 9.53 Å². The van der Waals surface area contributed by atoms with E-state index in [-0.39, 0.29) is 5.12 Å². The Bertz CT molecular complexity index is 494. The summed E-state index contributed by atoms with van der Waals surface area (Å²) >= 11 is 6.80. The van der Waals surface area contributed by atoms with Gasteiger partial charge < -0.3 is 4.74 Å². The first kappa shape index (κ1) is 12.2. The fourth-order valence-electron chi connectivity index (χ4n) is 1.29. The van der Waals surface area contributed by atoms with E-state index in [1.807, 2.05) is 19.1 Å². The van der Waals surface area contributed by atoms with Gasteiger partial charge in [-0.25, -0.2) is 4.99 Å². The van der Waals surface area contributed by atoms with Gasteiger partial charge in [0.15, 0.2) is 0 Å². The quantitative estimate of drug-likeness (QED) is 0.772. The minimum atomic E-state index is -0.0941. The molecule has 0 aromatic heterocycles. The van der Waals surface area contributed by atoms with Crippen LogP contribution in [0.5, 0.6) is 0 Å². The average molecular weight is 268 g/mol. The number of halogens is 1. The van der Waals surface area contributed by atoms with Gasteiger partial charge >= 0.3 is 0 Å². The second kappa shape index (κ2) is 5.38. The summed E-state index contributed by atoms with van der Waals surface area (Å²) in [6.45, 7) is 2.36. The number of thioether (sulfide) groups is 1. The van der Waals surface area contributed by atoms with E-state index in [2.05, 4.69) is 4.99 Å². The molecule has 0 amide bonds. The predicted octanol–water partition coefficient (Wildman–Crippen LogP) is 3.35. The molecular formula is C12H10ClNO2S. The Morgan fingerprint density at radius 2 is 2.12 bits per heavy atom. The summed E-state index contributed by atoms with van der Waals surface area (Å²) in [5, 5.41) is 0.985. The molecule has 1 aliphatic heterocycles. The van der Waals surface area contributed by atoms with Crippen molar-refractivity contribution in [1.29, 1.82) is 0 Å². The second-order valence-electron chi connectivity index (χ2n) is 3.28. The van der Waals surface area contributed by atoms with Crippen LogP contribution in [0.25, 0.3) is 6.08 Å². The Balaban J connectivity index is 2.22. The van der Waals surface area contributed by atoms with Crippen LogP contribution in [-0.4, -0.2) is 17.0 Å². The van der Waals surface area contributed by atoms with Crippen LogP contribution >= 0.6 is 23.4 Å². The van der Waals surface area contributed by atoms with Gasteiger partial charge in [-0.3, -0.25) is 4.79 Å². The molecule has 0 aliphatic carbocycles. The lowest BCUT2D eigenvalue weighted by Gasteiger charge is -1.95. The SMILES string of the molecule is CCOC1=N/C(=C/c2ccc(Cl)cc2)C(=O)S1. The van der Waals surface area contributed by atoms with Crippen LogP contribution in [0.2, 0.25) is 5.02 Å². The number of hydrogen-bond donors (Lipinski definition) is 0. The van der Waals surface area contributed by atoms with E-state index in [0.29, 0.717) is 22.6 Å². The van der Waals surface area contributed by atoms with Gasteiger partial charge in [-0.05, 0) is 30.7 Å². The van der Waals surface area contributed by atoms with Crippen molar-refractivity contribution in [2.24, 2.45) is 4.99 Å². The third-order valence-corrected chi connectivity index (χ3v) is 3.07. The van der Waals surface area contributed by atoms with Gasteiger partial charge in [0.1, 0.15) is 5.70 Å². The highest BCUT2D eigenvalue weighted by Crippen LogP contribution is 2.26. The Morgan fingerprint density at radius 1 is 1.41 bits per heavy atom. The normalized spacial score (nSPS) is 17.4. The summed E-state index contributed by atoms with van der Waals surface area (Å²) in [5.74, 6) is 0. The molecule has 0 N–H and O–H groups in total. The van der Waals surface area contributed by atoms with Crippen molar-refractivity contribution >= 4 is 39.8 Å². The first-order valence-electron chi connectivity index (χ1n) is 5.10. The molecular weight excluding hydrogens is 258 g/mol. The standard InChI is InChI=1S/C12H10ClNO2S/c1-2-16-12-14-10(11(15)17-12)7-8-3-5-9(13)6-4-8/h3-7H,2H2,1H3/b10-7+. The van der Waals surface area contributed by atoms with Gasteiger partial charge in [0, 0.05) is 16.8 Å². The molecule has 2 rings (SSSR count). The van der Waals surface area contributed by atoms with Gasteiger partial charge in [0.05, 0.1) is 6.61 Å². The van der Waals surface area contributed by atoms with Gasteiger partial charge in [-0.1, -0.05) is 23.7 Å². The highest BCUT2D eigenvalue weighted by molar-refractivity contribution is 8.26. The lowest BCUT2D eigenvalue weighted by Crippen LogP contribution is -1.95. The smallest absolute Gasteiger partial charge is 0.259 e. The Hall–Kier alpha value is -1.26. The largest absolute Gasteiger partial charge is 0.473 e. The summed E-state index contributed by atoms with van der Waals surface area (Å²) in [5.41, 5.74) is 1.29. The molecule has 1 aromatic carbocycles. The number of aliphatic imine (C=N–C) groups is 1. The van der Waals surface area contributed by atoms with E-state index in [0.717, 1.165) is 17.3 Å². The minimum absolute atomic E-state index is 0.0941. The summed E-state index contributed by atoms with van der Waals surface area (Å²) in [6, 6.07) is 7.21. The molecule has 0 unspecified atom stereocenters. The zero-order valence-corrected chi connectivity index (χ0v) is 10.7. The summed E-state index contributed by atoms with van der Waals surface area (Å²) in [4.78, 5) is 15.7. The van der Waals surface area contributed by atoms with E-state index < -0.39 is 0 Å². The molecule has 1 heterocycles. The second-order valence-corrected chi connectivity index (χ2v) is 4.64. The van der Waals surface area contributed by atoms with Crippen molar-refractivity contribution in [3.63, 3.8) is 0 Å². The maximum atomic E-state index is 11.6.